The molecule has 2 aromatic rings. The van der Waals surface area contributed by atoms with Crippen LogP contribution in [0.4, 0.5) is 0 Å². The number of rotatable bonds is 7. The van der Waals surface area contributed by atoms with E-state index >= 15 is 0 Å². The molecule has 1 amide bonds. The Morgan fingerprint density at radius 3 is 2.68 bits per heavy atom. The SMILES string of the molecule is COc1ccc(CNC(=O)CCc2cccs2)c(OC)c1C. The van der Waals surface area contributed by atoms with Crippen LogP contribution in [0, 0.1) is 6.92 Å². The lowest BCUT2D eigenvalue weighted by molar-refractivity contribution is -0.121. The summed E-state index contributed by atoms with van der Waals surface area (Å²) in [6, 6.07) is 7.87. The second kappa shape index (κ2) is 7.84. The van der Waals surface area contributed by atoms with Crippen molar-refractivity contribution in [1.82, 2.24) is 5.32 Å². The molecule has 0 radical (unpaired) electrons. The van der Waals surface area contributed by atoms with Gasteiger partial charge in [0.25, 0.3) is 0 Å². The predicted molar refractivity (Wildman–Crippen MR) is 88.8 cm³/mol. The van der Waals surface area contributed by atoms with Crippen molar-refractivity contribution in [2.45, 2.75) is 26.3 Å². The minimum absolute atomic E-state index is 0.0453. The summed E-state index contributed by atoms with van der Waals surface area (Å²) in [5.41, 5.74) is 1.89. The number of methoxy groups -OCH3 is 2. The number of carbonyl (C=O) groups excluding carboxylic acids is 1. The fourth-order valence-corrected chi connectivity index (χ4v) is 3.06. The second-order valence-electron chi connectivity index (χ2n) is 4.94. The maximum atomic E-state index is 11.9. The topological polar surface area (TPSA) is 47.6 Å². The first kappa shape index (κ1) is 16.4. The van der Waals surface area contributed by atoms with Gasteiger partial charge >= 0.3 is 0 Å². The van der Waals surface area contributed by atoms with Gasteiger partial charge in [-0.3, -0.25) is 4.79 Å². The van der Waals surface area contributed by atoms with Gasteiger partial charge in [-0.25, -0.2) is 0 Å². The standard InChI is InChI=1S/C17H21NO3S/c1-12-15(20-2)8-6-13(17(12)21-3)11-18-16(19)9-7-14-5-4-10-22-14/h4-6,8,10H,7,9,11H2,1-3H3,(H,18,19). The Bertz CT molecular complexity index is 623. The van der Waals surface area contributed by atoms with Crippen molar-refractivity contribution >= 4 is 17.2 Å². The summed E-state index contributed by atoms with van der Waals surface area (Å²) >= 11 is 1.68. The third-order valence-corrected chi connectivity index (χ3v) is 4.45. The van der Waals surface area contributed by atoms with E-state index in [1.165, 1.54) is 4.88 Å². The third-order valence-electron chi connectivity index (χ3n) is 3.52. The Morgan fingerprint density at radius 2 is 2.05 bits per heavy atom. The molecule has 1 N–H and O–H groups in total. The van der Waals surface area contributed by atoms with Gasteiger partial charge in [0.1, 0.15) is 11.5 Å². The molecule has 0 bridgehead atoms. The fourth-order valence-electron chi connectivity index (χ4n) is 2.35. The fraction of sp³-hybridized carbons (Fsp3) is 0.353. The Hall–Kier alpha value is -2.01. The minimum Gasteiger partial charge on any atom is -0.496 e. The van der Waals surface area contributed by atoms with Crippen LogP contribution in [0.3, 0.4) is 0 Å². The highest BCUT2D eigenvalue weighted by Gasteiger charge is 2.12. The highest BCUT2D eigenvalue weighted by molar-refractivity contribution is 7.09. The van der Waals surface area contributed by atoms with Crippen LogP contribution in [0.1, 0.15) is 22.4 Å². The van der Waals surface area contributed by atoms with Crippen LogP contribution in [0.15, 0.2) is 29.6 Å². The van der Waals surface area contributed by atoms with Crippen molar-refractivity contribution < 1.29 is 14.3 Å². The van der Waals surface area contributed by atoms with Crippen LogP contribution in [-0.4, -0.2) is 20.1 Å². The largest absolute Gasteiger partial charge is 0.496 e. The Labute approximate surface area is 135 Å². The van der Waals surface area contributed by atoms with Gasteiger partial charge in [-0.05, 0) is 36.9 Å². The number of amides is 1. The number of thiophene rings is 1. The van der Waals surface area contributed by atoms with Crippen LogP contribution in [0.2, 0.25) is 0 Å². The molecule has 1 heterocycles. The first-order chi connectivity index (χ1) is 10.7. The van der Waals surface area contributed by atoms with Crippen molar-refractivity contribution in [3.05, 3.63) is 45.6 Å². The zero-order chi connectivity index (χ0) is 15.9. The molecule has 2 rings (SSSR count). The molecular formula is C17H21NO3S. The highest BCUT2D eigenvalue weighted by Crippen LogP contribution is 2.31. The summed E-state index contributed by atoms with van der Waals surface area (Å²) in [6.07, 6.45) is 1.28. The third kappa shape index (κ3) is 4.01. The predicted octanol–water partition coefficient (Wildman–Crippen LogP) is 3.32. The van der Waals surface area contributed by atoms with E-state index in [0.29, 0.717) is 13.0 Å². The van der Waals surface area contributed by atoms with Gasteiger partial charge in [-0.1, -0.05) is 6.07 Å². The highest BCUT2D eigenvalue weighted by atomic mass is 32.1. The van der Waals surface area contributed by atoms with E-state index in [-0.39, 0.29) is 5.91 Å². The van der Waals surface area contributed by atoms with Crippen molar-refractivity contribution in [2.75, 3.05) is 14.2 Å². The molecule has 0 unspecified atom stereocenters. The monoisotopic (exact) mass is 319 g/mol. The average Bonchev–Trinajstić information content (AvgIpc) is 3.04. The van der Waals surface area contributed by atoms with E-state index in [1.807, 2.05) is 36.6 Å². The first-order valence-electron chi connectivity index (χ1n) is 7.15. The van der Waals surface area contributed by atoms with Crippen molar-refractivity contribution in [1.29, 1.82) is 0 Å². The molecule has 5 heteroatoms. The second-order valence-corrected chi connectivity index (χ2v) is 5.97. The number of hydrogen-bond donors (Lipinski definition) is 1. The van der Waals surface area contributed by atoms with Crippen molar-refractivity contribution in [3.8, 4) is 11.5 Å². The lowest BCUT2D eigenvalue weighted by Crippen LogP contribution is -2.23. The van der Waals surface area contributed by atoms with Crippen LogP contribution in [0.25, 0.3) is 0 Å². The molecule has 0 aliphatic carbocycles. The van der Waals surface area contributed by atoms with Gasteiger partial charge in [0.15, 0.2) is 0 Å². The Morgan fingerprint density at radius 1 is 1.23 bits per heavy atom. The number of carbonyl (C=O) groups is 1. The van der Waals surface area contributed by atoms with Crippen LogP contribution in [0.5, 0.6) is 11.5 Å². The molecule has 22 heavy (non-hydrogen) atoms. The Kier molecular flexibility index (Phi) is 5.83. The van der Waals surface area contributed by atoms with Crippen LogP contribution in [-0.2, 0) is 17.8 Å². The molecule has 0 aliphatic rings. The molecular weight excluding hydrogens is 298 g/mol. The smallest absolute Gasteiger partial charge is 0.220 e. The van der Waals surface area contributed by atoms with Gasteiger partial charge in [-0.2, -0.15) is 0 Å². The molecule has 1 aromatic carbocycles. The Balaban J connectivity index is 1.93. The minimum atomic E-state index is 0.0453. The average molecular weight is 319 g/mol. The lowest BCUT2D eigenvalue weighted by atomic mass is 10.1. The van der Waals surface area contributed by atoms with E-state index < -0.39 is 0 Å². The lowest BCUT2D eigenvalue weighted by Gasteiger charge is -2.15. The number of benzene rings is 1. The molecule has 4 nitrogen and oxygen atoms in total. The summed E-state index contributed by atoms with van der Waals surface area (Å²) in [6.45, 7) is 2.40. The summed E-state index contributed by atoms with van der Waals surface area (Å²) in [5, 5.41) is 4.97. The molecule has 0 fully saturated rings. The molecule has 1 aromatic heterocycles. The van der Waals surface area contributed by atoms with E-state index in [9.17, 15) is 4.79 Å². The summed E-state index contributed by atoms with van der Waals surface area (Å²) in [4.78, 5) is 13.2. The quantitative estimate of drug-likeness (QED) is 0.851. The van der Waals surface area contributed by atoms with Gasteiger partial charge < -0.3 is 14.8 Å². The van der Waals surface area contributed by atoms with Crippen molar-refractivity contribution in [3.63, 3.8) is 0 Å². The normalized spacial score (nSPS) is 10.3. The molecule has 0 saturated heterocycles. The number of ether oxygens (including phenoxy) is 2. The van der Waals surface area contributed by atoms with Gasteiger partial charge in [0.05, 0.1) is 14.2 Å². The number of nitrogens with one attached hydrogen (secondary N) is 1. The zero-order valence-electron chi connectivity index (χ0n) is 13.1. The maximum Gasteiger partial charge on any atom is 0.220 e. The molecule has 0 spiro atoms. The maximum absolute atomic E-state index is 11.9. The first-order valence-corrected chi connectivity index (χ1v) is 8.03. The number of aryl methyl sites for hydroxylation is 1. The summed E-state index contributed by atoms with van der Waals surface area (Å²) < 4.78 is 10.7. The van der Waals surface area contributed by atoms with Crippen molar-refractivity contribution in [2.24, 2.45) is 0 Å². The van der Waals surface area contributed by atoms with Crippen LogP contribution >= 0.6 is 11.3 Å². The van der Waals surface area contributed by atoms with Gasteiger partial charge in [-0.15, -0.1) is 11.3 Å². The van der Waals surface area contributed by atoms with Gasteiger partial charge in [0.2, 0.25) is 5.91 Å². The molecule has 0 saturated carbocycles. The van der Waals surface area contributed by atoms with E-state index in [4.69, 9.17) is 9.47 Å². The molecule has 118 valence electrons. The molecule has 0 atom stereocenters. The molecule has 0 aliphatic heterocycles. The van der Waals surface area contributed by atoms with Crippen LogP contribution < -0.4 is 14.8 Å². The van der Waals surface area contributed by atoms with E-state index in [0.717, 1.165) is 29.0 Å². The van der Waals surface area contributed by atoms with E-state index in [2.05, 4.69) is 5.32 Å². The number of hydrogen-bond acceptors (Lipinski definition) is 4. The summed E-state index contributed by atoms with van der Waals surface area (Å²) in [7, 11) is 3.26. The van der Waals surface area contributed by atoms with Gasteiger partial charge in [0, 0.05) is 29.0 Å². The summed E-state index contributed by atoms with van der Waals surface area (Å²) in [5.74, 6) is 1.59. The van der Waals surface area contributed by atoms with E-state index in [1.54, 1.807) is 25.6 Å². The zero-order valence-corrected chi connectivity index (χ0v) is 14.0.